The Morgan fingerprint density at radius 2 is 1.44 bits per heavy atom. The van der Waals surface area contributed by atoms with Crippen LogP contribution in [0.15, 0.2) is 89.1 Å². The summed E-state index contributed by atoms with van der Waals surface area (Å²) in [4.78, 5) is 0. The number of aryl methyl sites for hydroxylation is 1. The van der Waals surface area contributed by atoms with E-state index in [1.165, 1.54) is 0 Å². The summed E-state index contributed by atoms with van der Waals surface area (Å²) in [6, 6.07) is 25.3. The zero-order chi connectivity index (χ0) is 17.2. The number of hydrogen-bond donors (Lipinski definition) is 1. The van der Waals surface area contributed by atoms with E-state index < -0.39 is 0 Å². The number of para-hydroxylation sites is 2. The lowest BCUT2D eigenvalue weighted by molar-refractivity contribution is 0.446. The Labute approximate surface area is 145 Å². The Balaban J connectivity index is 1.91. The fraction of sp³-hybridized carbons (Fsp3) is 0.0476. The molecule has 4 nitrogen and oxygen atoms in total. The molecule has 0 bridgehead atoms. The van der Waals surface area contributed by atoms with Crippen LogP contribution >= 0.6 is 0 Å². The van der Waals surface area contributed by atoms with Crippen molar-refractivity contribution in [2.75, 3.05) is 0 Å². The topological polar surface area (TPSA) is 49.9 Å². The van der Waals surface area contributed by atoms with Gasteiger partial charge in [0.1, 0.15) is 0 Å². The summed E-state index contributed by atoms with van der Waals surface area (Å²) >= 11 is 0. The van der Waals surface area contributed by atoms with Crippen molar-refractivity contribution in [3.05, 3.63) is 84.4 Å². The standard InChI is InChI=1S/C21H17N3O/c1-15-9-5-7-13-18(15)22-23-20-17-12-6-8-14-19(17)24(21(20)25)16-10-3-2-4-11-16/h2-14,25H,1H3. The van der Waals surface area contributed by atoms with Crippen LogP contribution in [0.3, 0.4) is 0 Å². The highest BCUT2D eigenvalue weighted by Gasteiger charge is 2.17. The van der Waals surface area contributed by atoms with E-state index in [9.17, 15) is 5.11 Å². The molecule has 1 aromatic heterocycles. The van der Waals surface area contributed by atoms with Gasteiger partial charge in [0.25, 0.3) is 0 Å². The largest absolute Gasteiger partial charge is 0.493 e. The molecule has 4 rings (SSSR count). The number of benzene rings is 3. The second-order valence-electron chi connectivity index (χ2n) is 5.85. The van der Waals surface area contributed by atoms with Crippen LogP contribution < -0.4 is 0 Å². The molecule has 0 atom stereocenters. The third-order valence-corrected chi connectivity index (χ3v) is 4.21. The van der Waals surface area contributed by atoms with E-state index in [1.54, 1.807) is 4.57 Å². The lowest BCUT2D eigenvalue weighted by Crippen LogP contribution is -1.91. The first-order chi connectivity index (χ1) is 12.3. The molecule has 3 aromatic carbocycles. The van der Waals surface area contributed by atoms with E-state index in [1.807, 2.05) is 85.8 Å². The van der Waals surface area contributed by atoms with Gasteiger partial charge in [0.15, 0.2) is 5.69 Å². The summed E-state index contributed by atoms with van der Waals surface area (Å²) in [6.07, 6.45) is 0. The van der Waals surface area contributed by atoms with Crippen LogP contribution in [0.25, 0.3) is 16.6 Å². The monoisotopic (exact) mass is 327 g/mol. The molecule has 4 aromatic rings. The molecule has 0 aliphatic rings. The Morgan fingerprint density at radius 3 is 2.24 bits per heavy atom. The van der Waals surface area contributed by atoms with Crippen LogP contribution in [0.5, 0.6) is 5.88 Å². The zero-order valence-corrected chi connectivity index (χ0v) is 13.8. The van der Waals surface area contributed by atoms with Crippen molar-refractivity contribution in [3.63, 3.8) is 0 Å². The molecule has 0 aliphatic carbocycles. The molecule has 0 unspecified atom stereocenters. The van der Waals surface area contributed by atoms with Crippen molar-refractivity contribution in [1.29, 1.82) is 0 Å². The maximum absolute atomic E-state index is 10.8. The van der Waals surface area contributed by atoms with Gasteiger partial charge in [-0.15, -0.1) is 5.11 Å². The van der Waals surface area contributed by atoms with E-state index in [0.29, 0.717) is 5.69 Å². The van der Waals surface area contributed by atoms with E-state index >= 15 is 0 Å². The molecule has 0 amide bonds. The molecular formula is C21H17N3O. The second-order valence-corrected chi connectivity index (χ2v) is 5.85. The van der Waals surface area contributed by atoms with Gasteiger partial charge in [-0.3, -0.25) is 4.57 Å². The zero-order valence-electron chi connectivity index (χ0n) is 13.8. The van der Waals surface area contributed by atoms with Crippen LogP contribution in [0, 0.1) is 6.92 Å². The average Bonchev–Trinajstić information content (AvgIpc) is 2.93. The number of rotatable bonds is 3. The van der Waals surface area contributed by atoms with Crippen molar-refractivity contribution < 1.29 is 5.11 Å². The molecule has 4 heteroatoms. The van der Waals surface area contributed by atoms with Gasteiger partial charge in [0, 0.05) is 11.1 Å². The van der Waals surface area contributed by atoms with Gasteiger partial charge in [0.05, 0.1) is 11.2 Å². The summed E-state index contributed by atoms with van der Waals surface area (Å²) in [6.45, 7) is 1.99. The molecule has 1 N–H and O–H groups in total. The normalized spacial score (nSPS) is 11.4. The molecule has 0 fully saturated rings. The van der Waals surface area contributed by atoms with Crippen LogP contribution in [0.4, 0.5) is 11.4 Å². The van der Waals surface area contributed by atoms with Gasteiger partial charge in [-0.25, -0.2) is 0 Å². The smallest absolute Gasteiger partial charge is 0.225 e. The molecule has 0 saturated carbocycles. The Morgan fingerprint density at radius 1 is 0.760 bits per heavy atom. The molecule has 122 valence electrons. The maximum atomic E-state index is 10.8. The van der Waals surface area contributed by atoms with Gasteiger partial charge in [-0.1, -0.05) is 54.6 Å². The van der Waals surface area contributed by atoms with Crippen molar-refractivity contribution in [2.45, 2.75) is 6.92 Å². The molecule has 0 spiro atoms. The van der Waals surface area contributed by atoms with E-state index in [4.69, 9.17) is 0 Å². The van der Waals surface area contributed by atoms with Gasteiger partial charge >= 0.3 is 0 Å². The van der Waals surface area contributed by atoms with E-state index in [2.05, 4.69) is 10.2 Å². The summed E-state index contributed by atoms with van der Waals surface area (Å²) in [5, 5.41) is 20.4. The lowest BCUT2D eigenvalue weighted by Gasteiger charge is -2.06. The number of fused-ring (bicyclic) bond motifs is 1. The van der Waals surface area contributed by atoms with Crippen molar-refractivity contribution in [3.8, 4) is 11.6 Å². The van der Waals surface area contributed by atoms with Crippen LogP contribution in [0.2, 0.25) is 0 Å². The summed E-state index contributed by atoms with van der Waals surface area (Å²) in [5.41, 5.74) is 4.08. The van der Waals surface area contributed by atoms with Crippen LogP contribution in [0.1, 0.15) is 5.56 Å². The quantitative estimate of drug-likeness (QED) is 0.457. The van der Waals surface area contributed by atoms with Gasteiger partial charge in [0.2, 0.25) is 5.88 Å². The summed E-state index contributed by atoms with van der Waals surface area (Å²) in [5.74, 6) is 0.0877. The number of azo groups is 1. The minimum atomic E-state index is 0.0877. The summed E-state index contributed by atoms with van der Waals surface area (Å²) < 4.78 is 1.79. The van der Waals surface area contributed by atoms with Gasteiger partial charge in [-0.2, -0.15) is 5.11 Å². The van der Waals surface area contributed by atoms with Crippen molar-refractivity contribution in [2.24, 2.45) is 10.2 Å². The first-order valence-electron chi connectivity index (χ1n) is 8.11. The molecular weight excluding hydrogens is 310 g/mol. The van der Waals surface area contributed by atoms with Crippen molar-refractivity contribution in [1.82, 2.24) is 4.57 Å². The number of aromatic nitrogens is 1. The number of aromatic hydroxyl groups is 1. The molecule has 0 radical (unpaired) electrons. The molecule has 0 saturated heterocycles. The maximum Gasteiger partial charge on any atom is 0.225 e. The SMILES string of the molecule is Cc1ccccc1N=Nc1c(O)n(-c2ccccc2)c2ccccc12. The second kappa shape index (κ2) is 6.24. The number of hydrogen-bond acceptors (Lipinski definition) is 3. The first-order valence-corrected chi connectivity index (χ1v) is 8.11. The van der Waals surface area contributed by atoms with Gasteiger partial charge in [-0.05, 0) is 36.8 Å². The number of nitrogens with zero attached hydrogens (tertiary/aromatic N) is 3. The van der Waals surface area contributed by atoms with E-state index in [0.717, 1.165) is 27.8 Å². The highest BCUT2D eigenvalue weighted by Crippen LogP contribution is 2.41. The Bertz CT molecular complexity index is 1070. The first kappa shape index (κ1) is 15.1. The highest BCUT2D eigenvalue weighted by molar-refractivity contribution is 5.96. The highest BCUT2D eigenvalue weighted by atomic mass is 16.3. The average molecular weight is 327 g/mol. The lowest BCUT2D eigenvalue weighted by atomic mass is 10.2. The third kappa shape index (κ3) is 2.68. The minimum absolute atomic E-state index is 0.0877. The minimum Gasteiger partial charge on any atom is -0.493 e. The fourth-order valence-electron chi connectivity index (χ4n) is 2.93. The summed E-state index contributed by atoms with van der Waals surface area (Å²) in [7, 11) is 0. The fourth-order valence-corrected chi connectivity index (χ4v) is 2.93. The molecule has 0 aliphatic heterocycles. The molecule has 25 heavy (non-hydrogen) atoms. The molecule has 1 heterocycles. The Hall–Kier alpha value is -3.40. The van der Waals surface area contributed by atoms with Crippen LogP contribution in [-0.2, 0) is 0 Å². The third-order valence-electron chi connectivity index (χ3n) is 4.21. The van der Waals surface area contributed by atoms with Crippen molar-refractivity contribution >= 4 is 22.3 Å². The van der Waals surface area contributed by atoms with Crippen LogP contribution in [-0.4, -0.2) is 9.67 Å². The van der Waals surface area contributed by atoms with Gasteiger partial charge < -0.3 is 5.11 Å². The predicted molar refractivity (Wildman–Crippen MR) is 100 cm³/mol. The van der Waals surface area contributed by atoms with E-state index in [-0.39, 0.29) is 5.88 Å². The predicted octanol–water partition coefficient (Wildman–Crippen LogP) is 6.06. The Kier molecular flexibility index (Phi) is 3.78.